The van der Waals surface area contributed by atoms with Crippen LogP contribution in [0.25, 0.3) is 0 Å². The van der Waals surface area contributed by atoms with Crippen LogP contribution in [-0.2, 0) is 6.42 Å². The van der Waals surface area contributed by atoms with E-state index in [9.17, 15) is 4.79 Å². The van der Waals surface area contributed by atoms with Gasteiger partial charge in [-0.15, -0.1) is 0 Å². The fraction of sp³-hybridized carbons (Fsp3) is 0.636. The molecule has 0 saturated carbocycles. The molecule has 2 heterocycles. The Bertz CT molecular complexity index is 381. The van der Waals surface area contributed by atoms with Crippen LogP contribution >= 0.6 is 0 Å². The Kier molecular flexibility index (Phi) is 2.29. The fourth-order valence-corrected chi connectivity index (χ4v) is 1.93. The Hall–Kier alpha value is -1.32. The number of hydrogen-bond acceptors (Lipinski definition) is 2. The van der Waals surface area contributed by atoms with E-state index in [1.807, 2.05) is 4.90 Å². The van der Waals surface area contributed by atoms with Crippen LogP contribution in [0.1, 0.15) is 43.2 Å². The van der Waals surface area contributed by atoms with Gasteiger partial charge in [-0.2, -0.15) is 5.10 Å². The minimum absolute atomic E-state index is 0.0634. The lowest BCUT2D eigenvalue weighted by Crippen LogP contribution is -2.50. The molecule has 0 fully saturated rings. The standard InChI is InChI=1S/C11H17N3O/c1-4-11(2,3)14-6-5-9-8(10(14)15)7-12-13-9/h7H,4-6H2,1-3H3,(H,12,13). The second-order valence-electron chi connectivity index (χ2n) is 4.62. The van der Waals surface area contributed by atoms with Crippen LogP contribution in [0.3, 0.4) is 0 Å². The predicted molar refractivity (Wildman–Crippen MR) is 57.7 cm³/mol. The number of H-pyrrole nitrogens is 1. The first-order chi connectivity index (χ1) is 7.06. The highest BCUT2D eigenvalue weighted by Gasteiger charge is 2.34. The van der Waals surface area contributed by atoms with Gasteiger partial charge in [0.1, 0.15) is 0 Å². The Balaban J connectivity index is 2.31. The molecule has 4 heteroatoms. The minimum Gasteiger partial charge on any atom is -0.333 e. The van der Waals surface area contributed by atoms with Crippen LogP contribution in [-0.4, -0.2) is 33.1 Å². The molecule has 1 aromatic rings. The molecule has 0 saturated heterocycles. The van der Waals surface area contributed by atoms with Gasteiger partial charge in [0.2, 0.25) is 0 Å². The molecule has 1 amide bonds. The van der Waals surface area contributed by atoms with Crippen molar-refractivity contribution in [2.75, 3.05) is 6.54 Å². The van der Waals surface area contributed by atoms with Crippen LogP contribution in [0.2, 0.25) is 0 Å². The molecule has 0 aliphatic carbocycles. The van der Waals surface area contributed by atoms with Crippen LogP contribution in [0.5, 0.6) is 0 Å². The Morgan fingerprint density at radius 1 is 1.60 bits per heavy atom. The van der Waals surface area contributed by atoms with Gasteiger partial charge in [0.15, 0.2) is 0 Å². The normalized spacial score (nSPS) is 16.7. The van der Waals surface area contributed by atoms with Crippen LogP contribution in [0.4, 0.5) is 0 Å². The summed E-state index contributed by atoms with van der Waals surface area (Å²) in [6, 6.07) is 0. The molecule has 1 aliphatic heterocycles. The lowest BCUT2D eigenvalue weighted by molar-refractivity contribution is 0.0517. The van der Waals surface area contributed by atoms with E-state index < -0.39 is 0 Å². The molecule has 1 aliphatic rings. The van der Waals surface area contributed by atoms with Gasteiger partial charge in [-0.1, -0.05) is 6.92 Å². The van der Waals surface area contributed by atoms with Crippen molar-refractivity contribution >= 4 is 5.91 Å². The number of fused-ring (bicyclic) bond motifs is 1. The van der Waals surface area contributed by atoms with Gasteiger partial charge in [0.05, 0.1) is 11.3 Å². The number of rotatable bonds is 2. The summed E-state index contributed by atoms with van der Waals surface area (Å²) in [4.78, 5) is 14.1. The zero-order valence-electron chi connectivity index (χ0n) is 9.50. The van der Waals surface area contributed by atoms with E-state index in [0.717, 1.165) is 30.6 Å². The molecular weight excluding hydrogens is 190 g/mol. The first kappa shape index (κ1) is 10.2. The first-order valence-electron chi connectivity index (χ1n) is 5.41. The van der Waals surface area contributed by atoms with E-state index >= 15 is 0 Å². The molecule has 15 heavy (non-hydrogen) atoms. The van der Waals surface area contributed by atoms with Crippen LogP contribution in [0.15, 0.2) is 6.20 Å². The molecule has 0 radical (unpaired) electrons. The minimum atomic E-state index is -0.0634. The molecule has 4 nitrogen and oxygen atoms in total. The molecule has 0 atom stereocenters. The number of amides is 1. The summed E-state index contributed by atoms with van der Waals surface area (Å²) < 4.78 is 0. The van der Waals surface area contributed by atoms with E-state index in [-0.39, 0.29) is 11.4 Å². The number of carbonyl (C=O) groups is 1. The smallest absolute Gasteiger partial charge is 0.257 e. The number of nitrogens with zero attached hydrogens (tertiary/aromatic N) is 2. The van der Waals surface area contributed by atoms with Gasteiger partial charge in [0.25, 0.3) is 5.91 Å². The van der Waals surface area contributed by atoms with Gasteiger partial charge in [-0.05, 0) is 20.3 Å². The van der Waals surface area contributed by atoms with Crippen LogP contribution in [0, 0.1) is 0 Å². The summed E-state index contributed by atoms with van der Waals surface area (Å²) in [5.74, 6) is 0.108. The number of aromatic amines is 1. The van der Waals surface area contributed by atoms with Gasteiger partial charge in [-0.25, -0.2) is 0 Å². The highest BCUT2D eigenvalue weighted by atomic mass is 16.2. The Morgan fingerprint density at radius 2 is 2.33 bits per heavy atom. The van der Waals surface area contributed by atoms with E-state index in [1.54, 1.807) is 6.20 Å². The van der Waals surface area contributed by atoms with Gasteiger partial charge in [0, 0.05) is 24.7 Å². The summed E-state index contributed by atoms with van der Waals surface area (Å²) >= 11 is 0. The number of nitrogens with one attached hydrogen (secondary N) is 1. The third kappa shape index (κ3) is 1.54. The zero-order valence-corrected chi connectivity index (χ0v) is 9.50. The lowest BCUT2D eigenvalue weighted by atomic mass is 9.95. The maximum Gasteiger partial charge on any atom is 0.257 e. The summed E-state index contributed by atoms with van der Waals surface area (Å²) in [6.45, 7) is 7.10. The summed E-state index contributed by atoms with van der Waals surface area (Å²) in [6.07, 6.45) is 3.52. The summed E-state index contributed by atoms with van der Waals surface area (Å²) in [5, 5.41) is 6.84. The van der Waals surface area contributed by atoms with Crippen molar-refractivity contribution in [3.63, 3.8) is 0 Å². The topological polar surface area (TPSA) is 49.0 Å². The molecule has 1 aromatic heterocycles. The number of aromatic nitrogens is 2. The monoisotopic (exact) mass is 207 g/mol. The molecule has 1 N–H and O–H groups in total. The van der Waals surface area contributed by atoms with Crippen molar-refractivity contribution in [3.8, 4) is 0 Å². The average Bonchev–Trinajstić information content (AvgIpc) is 2.66. The Morgan fingerprint density at radius 3 is 3.00 bits per heavy atom. The van der Waals surface area contributed by atoms with Crippen molar-refractivity contribution in [2.45, 2.75) is 39.2 Å². The maximum absolute atomic E-state index is 12.1. The third-order valence-corrected chi connectivity index (χ3v) is 3.36. The predicted octanol–water partition coefficient (Wildman–Crippen LogP) is 1.60. The van der Waals surface area contributed by atoms with Crippen molar-refractivity contribution in [1.29, 1.82) is 0 Å². The highest BCUT2D eigenvalue weighted by molar-refractivity contribution is 5.96. The third-order valence-electron chi connectivity index (χ3n) is 3.36. The van der Waals surface area contributed by atoms with Crippen LogP contribution < -0.4 is 0 Å². The molecular formula is C11H17N3O. The molecule has 0 aromatic carbocycles. The molecule has 0 bridgehead atoms. The lowest BCUT2D eigenvalue weighted by Gasteiger charge is -2.40. The first-order valence-corrected chi connectivity index (χ1v) is 5.41. The molecule has 0 unspecified atom stereocenters. The van der Waals surface area contributed by atoms with E-state index in [4.69, 9.17) is 0 Å². The summed E-state index contributed by atoms with van der Waals surface area (Å²) in [5.41, 5.74) is 1.58. The number of carbonyl (C=O) groups excluding carboxylic acids is 1. The van der Waals surface area contributed by atoms with Crippen molar-refractivity contribution in [3.05, 3.63) is 17.5 Å². The summed E-state index contributed by atoms with van der Waals surface area (Å²) in [7, 11) is 0. The van der Waals surface area contributed by atoms with Gasteiger partial charge >= 0.3 is 0 Å². The maximum atomic E-state index is 12.1. The largest absolute Gasteiger partial charge is 0.333 e. The van der Waals surface area contributed by atoms with Gasteiger partial charge < -0.3 is 4.90 Å². The quantitative estimate of drug-likeness (QED) is 0.800. The molecule has 82 valence electrons. The molecule has 0 spiro atoms. The zero-order chi connectivity index (χ0) is 11.1. The highest BCUT2D eigenvalue weighted by Crippen LogP contribution is 2.25. The second kappa shape index (κ2) is 3.36. The van der Waals surface area contributed by atoms with Crippen molar-refractivity contribution in [1.82, 2.24) is 15.1 Å². The Labute approximate surface area is 89.7 Å². The van der Waals surface area contributed by atoms with E-state index in [2.05, 4.69) is 31.0 Å². The van der Waals surface area contributed by atoms with E-state index in [1.165, 1.54) is 0 Å². The SMILES string of the molecule is CCC(C)(C)N1CCc2n[nH]cc2C1=O. The van der Waals surface area contributed by atoms with Gasteiger partial charge in [-0.3, -0.25) is 9.89 Å². The van der Waals surface area contributed by atoms with E-state index in [0.29, 0.717) is 0 Å². The fourth-order valence-electron chi connectivity index (χ4n) is 1.93. The molecule has 2 rings (SSSR count). The van der Waals surface area contributed by atoms with Crippen molar-refractivity contribution in [2.24, 2.45) is 0 Å². The average molecular weight is 207 g/mol. The second-order valence-corrected chi connectivity index (χ2v) is 4.62. The number of hydrogen-bond donors (Lipinski definition) is 1. The van der Waals surface area contributed by atoms with Crippen molar-refractivity contribution < 1.29 is 4.79 Å².